The number of hydrogen-bond acceptors (Lipinski definition) is 2. The van der Waals surface area contributed by atoms with Crippen LogP contribution in [0.5, 0.6) is 5.75 Å². The molecular formula is C15H14ClNO2. The summed E-state index contributed by atoms with van der Waals surface area (Å²) in [6.45, 7) is 2.12. The summed E-state index contributed by atoms with van der Waals surface area (Å²) in [7, 11) is 0. The molecular weight excluding hydrogens is 262 g/mol. The summed E-state index contributed by atoms with van der Waals surface area (Å²) in [6, 6.07) is 12.1. The highest BCUT2D eigenvalue weighted by Gasteiger charge is 2.08. The van der Waals surface area contributed by atoms with Crippen molar-refractivity contribution in [2.75, 3.05) is 0 Å². The van der Waals surface area contributed by atoms with Crippen molar-refractivity contribution in [3.63, 3.8) is 0 Å². The molecule has 0 aromatic heterocycles. The van der Waals surface area contributed by atoms with Crippen LogP contribution in [0.15, 0.2) is 42.5 Å². The minimum absolute atomic E-state index is 0.183. The van der Waals surface area contributed by atoms with Crippen LogP contribution in [0.3, 0.4) is 0 Å². The van der Waals surface area contributed by atoms with Crippen molar-refractivity contribution in [2.45, 2.75) is 13.5 Å². The normalized spacial score (nSPS) is 10.2. The molecule has 19 heavy (non-hydrogen) atoms. The number of halogens is 1. The average molecular weight is 276 g/mol. The van der Waals surface area contributed by atoms with Crippen molar-refractivity contribution in [1.82, 2.24) is 5.32 Å². The SMILES string of the molecule is Cc1cc(C(=O)NCc2ccccc2Cl)ccc1O. The lowest BCUT2D eigenvalue weighted by Crippen LogP contribution is -2.22. The number of aryl methyl sites for hydroxylation is 1. The maximum atomic E-state index is 12.0. The predicted octanol–water partition coefficient (Wildman–Crippen LogP) is 3.28. The second kappa shape index (κ2) is 5.76. The number of carbonyl (C=O) groups excluding carboxylic acids is 1. The monoisotopic (exact) mass is 275 g/mol. The molecule has 2 aromatic carbocycles. The number of rotatable bonds is 3. The number of carbonyl (C=O) groups is 1. The maximum Gasteiger partial charge on any atom is 0.251 e. The summed E-state index contributed by atoms with van der Waals surface area (Å²) in [5.74, 6) is -0.00864. The van der Waals surface area contributed by atoms with E-state index >= 15 is 0 Å². The van der Waals surface area contributed by atoms with E-state index in [2.05, 4.69) is 5.32 Å². The van der Waals surface area contributed by atoms with Gasteiger partial charge in [-0.2, -0.15) is 0 Å². The summed E-state index contributed by atoms with van der Waals surface area (Å²) in [6.07, 6.45) is 0. The molecule has 0 aliphatic carbocycles. The zero-order valence-electron chi connectivity index (χ0n) is 10.5. The molecule has 3 nitrogen and oxygen atoms in total. The van der Waals surface area contributed by atoms with Gasteiger partial charge in [0, 0.05) is 17.1 Å². The average Bonchev–Trinajstić information content (AvgIpc) is 2.40. The molecule has 0 spiro atoms. The highest BCUT2D eigenvalue weighted by atomic mass is 35.5. The van der Waals surface area contributed by atoms with E-state index in [9.17, 15) is 9.90 Å². The molecule has 0 bridgehead atoms. The first-order chi connectivity index (χ1) is 9.08. The first-order valence-electron chi connectivity index (χ1n) is 5.89. The third-order valence-corrected chi connectivity index (χ3v) is 3.22. The van der Waals surface area contributed by atoms with Gasteiger partial charge >= 0.3 is 0 Å². The molecule has 0 atom stereocenters. The first-order valence-corrected chi connectivity index (χ1v) is 6.27. The lowest BCUT2D eigenvalue weighted by Gasteiger charge is -2.08. The lowest BCUT2D eigenvalue weighted by molar-refractivity contribution is 0.0951. The van der Waals surface area contributed by atoms with Gasteiger partial charge in [-0.25, -0.2) is 0 Å². The Kier molecular flexibility index (Phi) is 4.07. The van der Waals surface area contributed by atoms with Crippen LogP contribution in [0.1, 0.15) is 21.5 Å². The zero-order chi connectivity index (χ0) is 13.8. The lowest BCUT2D eigenvalue weighted by atomic mass is 10.1. The largest absolute Gasteiger partial charge is 0.508 e. The van der Waals surface area contributed by atoms with Gasteiger partial charge in [0.05, 0.1) is 0 Å². The Bertz CT molecular complexity index is 611. The molecule has 0 unspecified atom stereocenters. The van der Waals surface area contributed by atoms with Gasteiger partial charge in [0.25, 0.3) is 5.91 Å². The summed E-state index contributed by atoms with van der Waals surface area (Å²) in [5.41, 5.74) is 2.06. The second-order valence-corrected chi connectivity index (χ2v) is 4.68. The summed E-state index contributed by atoms with van der Waals surface area (Å²) >= 11 is 6.02. The third kappa shape index (κ3) is 3.26. The van der Waals surface area contributed by atoms with E-state index in [4.69, 9.17) is 11.6 Å². The molecule has 2 N–H and O–H groups in total. The van der Waals surface area contributed by atoms with Crippen molar-refractivity contribution >= 4 is 17.5 Å². The number of aromatic hydroxyl groups is 1. The van der Waals surface area contributed by atoms with Crippen molar-refractivity contribution in [2.24, 2.45) is 0 Å². The number of phenolic OH excluding ortho intramolecular Hbond substituents is 1. The van der Waals surface area contributed by atoms with Gasteiger partial charge in [0.15, 0.2) is 0 Å². The molecule has 2 aromatic rings. The van der Waals surface area contributed by atoms with Gasteiger partial charge in [-0.3, -0.25) is 4.79 Å². The third-order valence-electron chi connectivity index (χ3n) is 2.86. The molecule has 4 heteroatoms. The predicted molar refractivity (Wildman–Crippen MR) is 75.5 cm³/mol. The molecule has 0 saturated heterocycles. The first kappa shape index (κ1) is 13.4. The van der Waals surface area contributed by atoms with Crippen LogP contribution >= 0.6 is 11.6 Å². The van der Waals surface area contributed by atoms with Gasteiger partial charge in [0.1, 0.15) is 5.75 Å². The topological polar surface area (TPSA) is 49.3 Å². The Balaban J connectivity index is 2.05. The fourth-order valence-corrected chi connectivity index (χ4v) is 1.92. The molecule has 1 amide bonds. The van der Waals surface area contributed by atoms with Gasteiger partial charge < -0.3 is 10.4 Å². The number of phenols is 1. The fourth-order valence-electron chi connectivity index (χ4n) is 1.72. The van der Waals surface area contributed by atoms with Crippen LogP contribution < -0.4 is 5.32 Å². The summed E-state index contributed by atoms with van der Waals surface area (Å²) in [4.78, 5) is 12.0. The van der Waals surface area contributed by atoms with Crippen molar-refractivity contribution < 1.29 is 9.90 Å². The number of nitrogens with one attached hydrogen (secondary N) is 1. The van der Waals surface area contributed by atoms with Gasteiger partial charge in [-0.05, 0) is 42.3 Å². The molecule has 0 saturated carbocycles. The fraction of sp³-hybridized carbons (Fsp3) is 0.133. The second-order valence-electron chi connectivity index (χ2n) is 4.28. The van der Waals surface area contributed by atoms with E-state index in [0.29, 0.717) is 22.7 Å². The van der Waals surface area contributed by atoms with E-state index in [1.807, 2.05) is 18.2 Å². The number of hydrogen-bond donors (Lipinski definition) is 2. The van der Waals surface area contributed by atoms with Crippen LogP contribution in [0.4, 0.5) is 0 Å². The van der Waals surface area contributed by atoms with E-state index in [1.165, 1.54) is 6.07 Å². The molecule has 0 heterocycles. The van der Waals surface area contributed by atoms with Crippen molar-refractivity contribution in [3.8, 4) is 5.75 Å². The van der Waals surface area contributed by atoms with Crippen molar-refractivity contribution in [1.29, 1.82) is 0 Å². The number of amides is 1. The molecule has 0 radical (unpaired) electrons. The Morgan fingerprint density at radius 2 is 2.00 bits per heavy atom. The Hall–Kier alpha value is -2.00. The highest BCUT2D eigenvalue weighted by molar-refractivity contribution is 6.31. The van der Waals surface area contributed by atoms with Crippen LogP contribution in [0.25, 0.3) is 0 Å². The highest BCUT2D eigenvalue weighted by Crippen LogP contribution is 2.17. The quantitative estimate of drug-likeness (QED) is 0.903. The Morgan fingerprint density at radius 3 is 2.68 bits per heavy atom. The standard InChI is InChI=1S/C15H14ClNO2/c1-10-8-11(6-7-14(10)18)15(19)17-9-12-4-2-3-5-13(12)16/h2-8,18H,9H2,1H3,(H,17,19). The van der Waals surface area contributed by atoms with Gasteiger partial charge in [-0.1, -0.05) is 29.8 Å². The molecule has 98 valence electrons. The van der Waals surface area contributed by atoms with Crippen LogP contribution in [-0.2, 0) is 6.54 Å². The van der Waals surface area contributed by atoms with Gasteiger partial charge in [0.2, 0.25) is 0 Å². The van der Waals surface area contributed by atoms with Crippen LogP contribution in [0, 0.1) is 6.92 Å². The molecule has 0 fully saturated rings. The van der Waals surface area contributed by atoms with Crippen LogP contribution in [0.2, 0.25) is 5.02 Å². The van der Waals surface area contributed by atoms with E-state index in [1.54, 1.807) is 25.1 Å². The minimum atomic E-state index is -0.192. The van der Waals surface area contributed by atoms with Crippen LogP contribution in [-0.4, -0.2) is 11.0 Å². The Morgan fingerprint density at radius 1 is 1.26 bits per heavy atom. The van der Waals surface area contributed by atoms with E-state index in [0.717, 1.165) is 5.56 Å². The van der Waals surface area contributed by atoms with Crippen molar-refractivity contribution in [3.05, 3.63) is 64.2 Å². The Labute approximate surface area is 116 Å². The van der Waals surface area contributed by atoms with E-state index in [-0.39, 0.29) is 11.7 Å². The number of benzene rings is 2. The minimum Gasteiger partial charge on any atom is -0.508 e. The van der Waals surface area contributed by atoms with E-state index < -0.39 is 0 Å². The zero-order valence-corrected chi connectivity index (χ0v) is 11.2. The molecule has 2 rings (SSSR count). The summed E-state index contributed by atoms with van der Waals surface area (Å²) in [5, 5.41) is 12.8. The van der Waals surface area contributed by atoms with Gasteiger partial charge in [-0.15, -0.1) is 0 Å². The maximum absolute atomic E-state index is 12.0. The molecule has 0 aliphatic rings. The molecule has 0 aliphatic heterocycles. The smallest absolute Gasteiger partial charge is 0.251 e. The summed E-state index contributed by atoms with van der Waals surface area (Å²) < 4.78 is 0.